The lowest BCUT2D eigenvalue weighted by Crippen LogP contribution is -2.41. The highest BCUT2D eigenvalue weighted by Crippen LogP contribution is 2.27. The predicted octanol–water partition coefficient (Wildman–Crippen LogP) is 4.49. The van der Waals surface area contributed by atoms with Crippen LogP contribution in [0.25, 0.3) is 0 Å². The van der Waals surface area contributed by atoms with Gasteiger partial charge >= 0.3 is 6.03 Å². The molecular weight excluding hydrogens is 386 g/mol. The van der Waals surface area contributed by atoms with Gasteiger partial charge < -0.3 is 19.7 Å². The molecule has 0 bridgehead atoms. The van der Waals surface area contributed by atoms with Crippen molar-refractivity contribution in [1.29, 1.82) is 0 Å². The Bertz CT molecular complexity index is 872. The normalized spacial score (nSPS) is 14.3. The van der Waals surface area contributed by atoms with E-state index < -0.39 is 4.92 Å². The maximum atomic E-state index is 12.5. The number of anilines is 1. The Morgan fingerprint density at radius 1 is 1.13 bits per heavy atom. The number of nitro groups is 1. The third-order valence-electron chi connectivity index (χ3n) is 5.46. The molecule has 1 N–H and O–H groups in total. The number of nitrogens with zero attached hydrogens (tertiary/aromatic N) is 2. The van der Waals surface area contributed by atoms with E-state index in [9.17, 15) is 14.9 Å². The highest BCUT2D eigenvalue weighted by molar-refractivity contribution is 5.89. The second-order valence-electron chi connectivity index (χ2n) is 7.43. The maximum absolute atomic E-state index is 12.5. The van der Waals surface area contributed by atoms with Crippen molar-refractivity contribution in [3.05, 3.63) is 58.1 Å². The molecule has 0 atom stereocenters. The van der Waals surface area contributed by atoms with Gasteiger partial charge in [-0.05, 0) is 55.4 Å². The molecule has 0 aliphatic carbocycles. The van der Waals surface area contributed by atoms with Crippen molar-refractivity contribution in [1.82, 2.24) is 4.90 Å². The third kappa shape index (κ3) is 5.62. The fourth-order valence-corrected chi connectivity index (χ4v) is 3.71. The van der Waals surface area contributed by atoms with E-state index in [4.69, 9.17) is 9.47 Å². The molecule has 30 heavy (non-hydrogen) atoms. The molecule has 160 valence electrons. The Kier molecular flexibility index (Phi) is 7.11. The minimum atomic E-state index is -0.473. The SMILES string of the molecule is COc1cc(CCC2CCN(C(=O)Nc3cccc([N+](=O)[O-])c3)CC2)cc(OC)c1. The first-order valence-corrected chi connectivity index (χ1v) is 10.0. The van der Waals surface area contributed by atoms with E-state index in [0.717, 1.165) is 37.2 Å². The number of carbonyl (C=O) groups is 1. The zero-order valence-corrected chi connectivity index (χ0v) is 17.3. The number of carbonyl (C=O) groups excluding carboxylic acids is 1. The van der Waals surface area contributed by atoms with Crippen LogP contribution in [0.3, 0.4) is 0 Å². The molecule has 2 aromatic carbocycles. The van der Waals surface area contributed by atoms with E-state index in [1.165, 1.54) is 17.7 Å². The number of methoxy groups -OCH3 is 2. The highest BCUT2D eigenvalue weighted by Gasteiger charge is 2.23. The molecule has 2 amide bonds. The van der Waals surface area contributed by atoms with Crippen molar-refractivity contribution in [2.45, 2.75) is 25.7 Å². The average molecular weight is 413 g/mol. The van der Waals surface area contributed by atoms with Gasteiger partial charge in [-0.1, -0.05) is 6.07 Å². The first-order valence-electron chi connectivity index (χ1n) is 10.0. The van der Waals surface area contributed by atoms with Gasteiger partial charge in [0.1, 0.15) is 11.5 Å². The number of urea groups is 1. The molecule has 1 heterocycles. The minimum absolute atomic E-state index is 0.0410. The van der Waals surface area contributed by atoms with Crippen molar-refractivity contribution in [2.24, 2.45) is 5.92 Å². The number of aryl methyl sites for hydroxylation is 1. The van der Waals surface area contributed by atoms with Crippen LogP contribution in [0.1, 0.15) is 24.8 Å². The Morgan fingerprint density at radius 2 is 1.80 bits per heavy atom. The predicted molar refractivity (Wildman–Crippen MR) is 114 cm³/mol. The number of benzene rings is 2. The molecule has 0 unspecified atom stereocenters. The lowest BCUT2D eigenvalue weighted by molar-refractivity contribution is -0.384. The summed E-state index contributed by atoms with van der Waals surface area (Å²) >= 11 is 0. The molecule has 3 rings (SSSR count). The van der Waals surface area contributed by atoms with E-state index in [-0.39, 0.29) is 11.7 Å². The van der Waals surface area contributed by atoms with Crippen molar-refractivity contribution < 1.29 is 19.2 Å². The van der Waals surface area contributed by atoms with Crippen LogP contribution in [0.4, 0.5) is 16.2 Å². The number of amides is 2. The number of nitrogens with one attached hydrogen (secondary N) is 1. The average Bonchev–Trinajstić information content (AvgIpc) is 2.77. The molecule has 1 aliphatic rings. The number of hydrogen-bond donors (Lipinski definition) is 1. The van der Waals surface area contributed by atoms with Gasteiger partial charge in [-0.2, -0.15) is 0 Å². The van der Waals surface area contributed by atoms with Gasteiger partial charge in [0.05, 0.1) is 19.1 Å². The molecule has 1 fully saturated rings. The zero-order chi connectivity index (χ0) is 21.5. The molecule has 1 saturated heterocycles. The standard InChI is InChI=1S/C22H27N3O5/c1-29-20-12-17(13-21(15-20)30-2)7-6-16-8-10-24(11-9-16)22(26)23-18-4-3-5-19(14-18)25(27)28/h3-5,12-16H,6-11H2,1-2H3,(H,23,26). The van der Waals surface area contributed by atoms with Gasteiger partial charge in [-0.3, -0.25) is 10.1 Å². The van der Waals surface area contributed by atoms with Crippen LogP contribution in [-0.4, -0.2) is 43.2 Å². The second-order valence-corrected chi connectivity index (χ2v) is 7.43. The van der Waals surface area contributed by atoms with E-state index in [2.05, 4.69) is 5.32 Å². The highest BCUT2D eigenvalue weighted by atomic mass is 16.6. The van der Waals surface area contributed by atoms with Gasteiger partial charge in [-0.15, -0.1) is 0 Å². The van der Waals surface area contributed by atoms with E-state index in [1.807, 2.05) is 18.2 Å². The fourth-order valence-electron chi connectivity index (χ4n) is 3.71. The Labute approximate surface area is 175 Å². The fraction of sp³-hybridized carbons (Fsp3) is 0.409. The third-order valence-corrected chi connectivity index (χ3v) is 5.46. The summed E-state index contributed by atoms with van der Waals surface area (Å²) in [6.07, 6.45) is 3.84. The summed E-state index contributed by atoms with van der Waals surface area (Å²) in [4.78, 5) is 24.7. The monoisotopic (exact) mass is 413 g/mol. The molecule has 2 aromatic rings. The molecule has 0 spiro atoms. The van der Waals surface area contributed by atoms with Crippen LogP contribution in [0.15, 0.2) is 42.5 Å². The van der Waals surface area contributed by atoms with Gasteiger partial charge in [-0.25, -0.2) is 4.79 Å². The van der Waals surface area contributed by atoms with Crippen LogP contribution < -0.4 is 14.8 Å². The van der Waals surface area contributed by atoms with E-state index >= 15 is 0 Å². The van der Waals surface area contributed by atoms with Crippen molar-refractivity contribution >= 4 is 17.4 Å². The summed E-state index contributed by atoms with van der Waals surface area (Å²) in [7, 11) is 3.29. The summed E-state index contributed by atoms with van der Waals surface area (Å²) in [6.45, 7) is 1.35. The van der Waals surface area contributed by atoms with Crippen LogP contribution in [0.2, 0.25) is 0 Å². The lowest BCUT2D eigenvalue weighted by Gasteiger charge is -2.32. The molecular formula is C22H27N3O5. The number of piperidine rings is 1. The molecule has 0 radical (unpaired) electrons. The van der Waals surface area contributed by atoms with Crippen LogP contribution in [-0.2, 0) is 6.42 Å². The van der Waals surface area contributed by atoms with Crippen molar-refractivity contribution in [2.75, 3.05) is 32.6 Å². The van der Waals surface area contributed by atoms with Gasteiger partial charge in [0.2, 0.25) is 0 Å². The number of ether oxygens (including phenoxy) is 2. The number of rotatable bonds is 7. The Morgan fingerprint density at radius 3 is 2.40 bits per heavy atom. The van der Waals surface area contributed by atoms with Crippen LogP contribution in [0, 0.1) is 16.0 Å². The lowest BCUT2D eigenvalue weighted by atomic mass is 9.90. The molecule has 8 nitrogen and oxygen atoms in total. The first-order chi connectivity index (χ1) is 14.5. The summed E-state index contributed by atoms with van der Waals surface area (Å²) in [6, 6.07) is 11.7. The topological polar surface area (TPSA) is 93.9 Å². The quantitative estimate of drug-likeness (QED) is 0.533. The summed E-state index contributed by atoms with van der Waals surface area (Å²) in [5.74, 6) is 2.12. The summed E-state index contributed by atoms with van der Waals surface area (Å²) in [5.41, 5.74) is 1.57. The molecule has 0 saturated carbocycles. The van der Waals surface area contributed by atoms with Crippen molar-refractivity contribution in [3.8, 4) is 11.5 Å². The minimum Gasteiger partial charge on any atom is -0.497 e. The largest absolute Gasteiger partial charge is 0.497 e. The molecule has 1 aliphatic heterocycles. The summed E-state index contributed by atoms with van der Waals surface area (Å²) < 4.78 is 10.7. The number of non-ortho nitro benzene ring substituents is 1. The van der Waals surface area contributed by atoms with Crippen LogP contribution in [0.5, 0.6) is 11.5 Å². The van der Waals surface area contributed by atoms with E-state index in [1.54, 1.807) is 31.3 Å². The number of hydrogen-bond acceptors (Lipinski definition) is 5. The Hall–Kier alpha value is -3.29. The molecule has 8 heteroatoms. The zero-order valence-electron chi connectivity index (χ0n) is 17.3. The first kappa shape index (κ1) is 21.4. The van der Waals surface area contributed by atoms with E-state index in [0.29, 0.717) is 24.7 Å². The van der Waals surface area contributed by atoms with Gasteiger partial charge in [0, 0.05) is 37.0 Å². The van der Waals surface area contributed by atoms with Gasteiger partial charge in [0.25, 0.3) is 5.69 Å². The van der Waals surface area contributed by atoms with Gasteiger partial charge in [0.15, 0.2) is 0 Å². The van der Waals surface area contributed by atoms with Crippen LogP contribution >= 0.6 is 0 Å². The molecule has 0 aromatic heterocycles. The number of likely N-dealkylation sites (tertiary alicyclic amines) is 1. The second kappa shape index (κ2) is 9.96. The van der Waals surface area contributed by atoms with Crippen molar-refractivity contribution in [3.63, 3.8) is 0 Å². The smallest absolute Gasteiger partial charge is 0.321 e. The Balaban J connectivity index is 1.48. The summed E-state index contributed by atoms with van der Waals surface area (Å²) in [5, 5.41) is 13.6. The number of nitro benzene ring substituents is 1. The maximum Gasteiger partial charge on any atom is 0.321 e.